The van der Waals surface area contributed by atoms with Crippen LogP contribution in [0.2, 0.25) is 15.1 Å². The summed E-state index contributed by atoms with van der Waals surface area (Å²) in [6.45, 7) is 5.45. The number of likely N-dealkylation sites (N-methyl/N-ethyl adjacent to an activating group) is 1. The molecule has 1 atom stereocenters. The van der Waals surface area contributed by atoms with E-state index >= 15 is 0 Å². The second-order valence-electron chi connectivity index (χ2n) is 7.75. The lowest BCUT2D eigenvalue weighted by molar-refractivity contribution is -0.140. The molecule has 0 saturated carbocycles. The number of carbonyl (C=O) groups is 2. The van der Waals surface area contributed by atoms with Crippen molar-refractivity contribution in [2.45, 2.75) is 39.8 Å². The summed E-state index contributed by atoms with van der Waals surface area (Å²) in [4.78, 5) is 27.8. The first-order valence-electron chi connectivity index (χ1n) is 10.6. The minimum Gasteiger partial charge on any atom is -0.355 e. The van der Waals surface area contributed by atoms with Crippen LogP contribution in [0.1, 0.15) is 31.4 Å². The first-order chi connectivity index (χ1) is 15.9. The molecule has 0 aliphatic carbocycles. The van der Waals surface area contributed by atoms with Crippen molar-refractivity contribution in [3.8, 4) is 0 Å². The van der Waals surface area contributed by atoms with Crippen LogP contribution in [0.3, 0.4) is 0 Å². The zero-order valence-corrected chi connectivity index (χ0v) is 22.5. The van der Waals surface area contributed by atoms with Gasteiger partial charge in [0.25, 0.3) is 0 Å². The van der Waals surface area contributed by atoms with Crippen LogP contribution < -0.4 is 9.62 Å². The van der Waals surface area contributed by atoms with E-state index in [0.717, 1.165) is 21.7 Å². The number of halogens is 3. The number of aryl methyl sites for hydroxylation is 1. The van der Waals surface area contributed by atoms with Crippen molar-refractivity contribution in [3.63, 3.8) is 0 Å². The second-order valence-corrected chi connectivity index (χ2v) is 10.9. The van der Waals surface area contributed by atoms with Crippen LogP contribution in [0.25, 0.3) is 0 Å². The molecule has 2 rings (SSSR count). The van der Waals surface area contributed by atoms with Gasteiger partial charge in [0.2, 0.25) is 21.8 Å². The van der Waals surface area contributed by atoms with Crippen molar-refractivity contribution in [1.29, 1.82) is 0 Å². The normalized spacial score (nSPS) is 12.2. The number of nitrogens with zero attached hydrogens (tertiary/aromatic N) is 2. The Kier molecular flexibility index (Phi) is 10.1. The fourth-order valence-corrected chi connectivity index (χ4v) is 5.03. The van der Waals surface area contributed by atoms with Crippen LogP contribution >= 0.6 is 34.8 Å². The van der Waals surface area contributed by atoms with E-state index in [1.165, 1.54) is 17.0 Å². The number of carbonyl (C=O) groups excluding carboxylic acids is 2. The predicted octanol–water partition coefficient (Wildman–Crippen LogP) is 4.66. The minimum atomic E-state index is -3.94. The van der Waals surface area contributed by atoms with Gasteiger partial charge in [-0.05, 0) is 43.5 Å². The monoisotopic (exact) mass is 547 g/mol. The molecule has 0 bridgehead atoms. The fraction of sp³-hybridized carbons (Fsp3) is 0.391. The standard InChI is InChI=1S/C23H28Cl3N3O4S/c1-5-20(23(31)27-6-2)28(13-16-10-8-7-9-15(16)3)22(30)14-29(34(4,32)33)21-12-18(25)17(24)11-19(21)26/h7-12,20H,5-6,13-14H2,1-4H3,(H,27,31)/t20-/m1/s1. The van der Waals surface area contributed by atoms with E-state index < -0.39 is 28.5 Å². The maximum Gasteiger partial charge on any atom is 0.244 e. The molecule has 2 aromatic rings. The molecule has 0 aliphatic rings. The number of sulfonamides is 1. The van der Waals surface area contributed by atoms with E-state index in [0.29, 0.717) is 13.0 Å². The average Bonchev–Trinajstić information content (AvgIpc) is 2.75. The summed E-state index contributed by atoms with van der Waals surface area (Å²) in [7, 11) is -3.94. The second kappa shape index (κ2) is 12.1. The highest BCUT2D eigenvalue weighted by Gasteiger charge is 2.32. The molecular weight excluding hydrogens is 521 g/mol. The molecule has 7 nitrogen and oxygen atoms in total. The molecule has 1 N–H and O–H groups in total. The Hall–Kier alpha value is -2.00. The maximum atomic E-state index is 13.6. The topological polar surface area (TPSA) is 86.8 Å². The van der Waals surface area contributed by atoms with Gasteiger partial charge in [0, 0.05) is 13.1 Å². The Bertz CT molecular complexity index is 1160. The van der Waals surface area contributed by atoms with Gasteiger partial charge in [-0.3, -0.25) is 13.9 Å². The lowest BCUT2D eigenvalue weighted by Gasteiger charge is -2.33. The Labute approximate surface area is 216 Å². The summed E-state index contributed by atoms with van der Waals surface area (Å²) in [6, 6.07) is 9.32. The molecule has 0 aliphatic heterocycles. The van der Waals surface area contributed by atoms with E-state index in [4.69, 9.17) is 34.8 Å². The number of benzene rings is 2. The number of amides is 2. The van der Waals surface area contributed by atoms with E-state index in [9.17, 15) is 18.0 Å². The third-order valence-corrected chi connectivity index (χ3v) is 7.43. The molecule has 0 radical (unpaired) electrons. The van der Waals surface area contributed by atoms with Gasteiger partial charge in [-0.15, -0.1) is 0 Å². The predicted molar refractivity (Wildman–Crippen MR) is 138 cm³/mol. The van der Waals surface area contributed by atoms with Crippen LogP contribution in [0.15, 0.2) is 36.4 Å². The SMILES string of the molecule is CCNC(=O)[C@@H](CC)N(Cc1ccccc1C)C(=O)CN(c1cc(Cl)c(Cl)cc1Cl)S(C)(=O)=O. The summed E-state index contributed by atoms with van der Waals surface area (Å²) in [5, 5.41) is 3.02. The smallest absolute Gasteiger partial charge is 0.244 e. The summed E-state index contributed by atoms with van der Waals surface area (Å²) in [5.41, 5.74) is 1.81. The van der Waals surface area contributed by atoms with Crippen LogP contribution in [0.5, 0.6) is 0 Å². The van der Waals surface area contributed by atoms with Crippen LogP contribution in [0, 0.1) is 6.92 Å². The Morgan fingerprint density at radius 3 is 2.21 bits per heavy atom. The molecule has 0 heterocycles. The van der Waals surface area contributed by atoms with Gasteiger partial charge in [-0.2, -0.15) is 0 Å². The van der Waals surface area contributed by atoms with Crippen LogP contribution in [-0.4, -0.2) is 50.5 Å². The van der Waals surface area contributed by atoms with Gasteiger partial charge in [0.1, 0.15) is 12.6 Å². The van der Waals surface area contributed by atoms with E-state index in [1.54, 1.807) is 13.8 Å². The molecule has 34 heavy (non-hydrogen) atoms. The Balaban J connectivity index is 2.52. The van der Waals surface area contributed by atoms with Crippen molar-refractivity contribution >= 4 is 62.3 Å². The van der Waals surface area contributed by atoms with Crippen molar-refractivity contribution < 1.29 is 18.0 Å². The van der Waals surface area contributed by atoms with Crippen molar-refractivity contribution in [1.82, 2.24) is 10.2 Å². The largest absolute Gasteiger partial charge is 0.355 e. The fourth-order valence-electron chi connectivity index (χ4n) is 3.48. The Morgan fingerprint density at radius 1 is 1.03 bits per heavy atom. The Morgan fingerprint density at radius 2 is 1.65 bits per heavy atom. The quantitative estimate of drug-likeness (QED) is 0.437. The van der Waals surface area contributed by atoms with Gasteiger partial charge < -0.3 is 10.2 Å². The van der Waals surface area contributed by atoms with Gasteiger partial charge >= 0.3 is 0 Å². The highest BCUT2D eigenvalue weighted by atomic mass is 35.5. The highest BCUT2D eigenvalue weighted by molar-refractivity contribution is 7.92. The molecule has 2 aromatic carbocycles. The molecule has 0 aromatic heterocycles. The van der Waals surface area contributed by atoms with Crippen molar-refractivity contribution in [2.24, 2.45) is 0 Å². The molecule has 186 valence electrons. The third kappa shape index (κ3) is 7.01. The summed E-state index contributed by atoms with van der Waals surface area (Å²) in [6.07, 6.45) is 1.31. The summed E-state index contributed by atoms with van der Waals surface area (Å²) in [5.74, 6) is -0.876. The molecular formula is C23H28Cl3N3O4S. The first kappa shape index (κ1) is 28.2. The van der Waals surface area contributed by atoms with Crippen LogP contribution in [0.4, 0.5) is 5.69 Å². The van der Waals surface area contributed by atoms with Crippen molar-refractivity contribution in [2.75, 3.05) is 23.7 Å². The van der Waals surface area contributed by atoms with Crippen LogP contribution in [-0.2, 0) is 26.2 Å². The summed E-state index contributed by atoms with van der Waals surface area (Å²) < 4.78 is 26.2. The number of hydrogen-bond donors (Lipinski definition) is 1. The number of rotatable bonds is 10. The minimum absolute atomic E-state index is 0.0221. The van der Waals surface area contributed by atoms with Gasteiger partial charge in [0.05, 0.1) is 27.0 Å². The van der Waals surface area contributed by atoms with Crippen molar-refractivity contribution in [3.05, 3.63) is 62.6 Å². The van der Waals surface area contributed by atoms with E-state index in [1.807, 2.05) is 31.2 Å². The number of hydrogen-bond acceptors (Lipinski definition) is 4. The number of anilines is 1. The molecule has 0 saturated heterocycles. The molecule has 11 heteroatoms. The van der Waals surface area contributed by atoms with E-state index in [2.05, 4.69) is 5.32 Å². The van der Waals surface area contributed by atoms with Gasteiger partial charge in [0.15, 0.2) is 0 Å². The lowest BCUT2D eigenvalue weighted by atomic mass is 10.1. The lowest BCUT2D eigenvalue weighted by Crippen LogP contribution is -2.52. The molecule has 0 unspecified atom stereocenters. The molecule has 2 amide bonds. The molecule has 0 fully saturated rings. The zero-order valence-electron chi connectivity index (χ0n) is 19.4. The summed E-state index contributed by atoms with van der Waals surface area (Å²) >= 11 is 18.3. The van der Waals surface area contributed by atoms with E-state index in [-0.39, 0.29) is 33.2 Å². The van der Waals surface area contributed by atoms with Gasteiger partial charge in [-0.1, -0.05) is 66.0 Å². The molecule has 0 spiro atoms. The number of nitrogens with one attached hydrogen (secondary N) is 1. The average molecular weight is 549 g/mol. The first-order valence-corrected chi connectivity index (χ1v) is 13.6. The third-order valence-electron chi connectivity index (χ3n) is 5.28. The zero-order chi connectivity index (χ0) is 25.6. The highest BCUT2D eigenvalue weighted by Crippen LogP contribution is 2.35. The van der Waals surface area contributed by atoms with Gasteiger partial charge in [-0.25, -0.2) is 8.42 Å². The maximum absolute atomic E-state index is 13.6.